The second kappa shape index (κ2) is 7.37. The minimum Gasteiger partial charge on any atom is -0.366 e. The summed E-state index contributed by atoms with van der Waals surface area (Å²) in [5.41, 5.74) is 8.18. The van der Waals surface area contributed by atoms with Crippen LogP contribution in [0.2, 0.25) is 0 Å². The molecule has 0 radical (unpaired) electrons. The smallest absolute Gasteiger partial charge is 0.249 e. The van der Waals surface area contributed by atoms with Crippen LogP contribution < -0.4 is 5.73 Å². The number of benzene rings is 1. The first kappa shape index (κ1) is 20.0. The topological polar surface area (TPSA) is 115 Å². The first-order valence-electron chi connectivity index (χ1n) is 9.02. The Hall–Kier alpha value is -1.71. The van der Waals surface area contributed by atoms with Crippen LogP contribution in [0.3, 0.4) is 0 Å². The molecule has 148 valence electrons. The number of amides is 1. The van der Waals surface area contributed by atoms with Gasteiger partial charge in [0.25, 0.3) is 0 Å². The number of hydrogen-bond donors (Lipinski definition) is 1. The molecule has 1 saturated heterocycles. The SMILES string of the molecule is CCN1S(=O)(=O)CC(c2ccc(C(N)=O)c(C3=CCCCC3)c2)CS1(=O)=O. The molecule has 9 heteroatoms. The van der Waals surface area contributed by atoms with Crippen LogP contribution in [0.4, 0.5) is 0 Å². The molecule has 7 nitrogen and oxygen atoms in total. The Labute approximate surface area is 160 Å². The van der Waals surface area contributed by atoms with Crippen LogP contribution in [0.1, 0.15) is 60.0 Å². The van der Waals surface area contributed by atoms with Gasteiger partial charge in [-0.15, -0.1) is 0 Å². The molecule has 0 aromatic heterocycles. The molecule has 2 aliphatic rings. The van der Waals surface area contributed by atoms with Crippen LogP contribution in [-0.4, -0.2) is 44.5 Å². The average molecular weight is 413 g/mol. The van der Waals surface area contributed by atoms with Gasteiger partial charge in [0, 0.05) is 18.0 Å². The predicted molar refractivity (Wildman–Crippen MR) is 104 cm³/mol. The zero-order valence-corrected chi connectivity index (χ0v) is 16.9. The van der Waals surface area contributed by atoms with E-state index in [0.717, 1.165) is 31.3 Å². The summed E-state index contributed by atoms with van der Waals surface area (Å²) in [6.07, 6.45) is 5.89. The summed E-state index contributed by atoms with van der Waals surface area (Å²) in [4.78, 5) is 11.8. The molecule has 0 saturated carbocycles. The fraction of sp³-hybridized carbons (Fsp3) is 0.500. The van der Waals surface area contributed by atoms with Gasteiger partial charge in [-0.2, -0.15) is 0 Å². The molecule has 0 unspecified atom stereocenters. The maximum absolute atomic E-state index is 12.4. The number of allylic oxidation sites excluding steroid dienone is 2. The molecule has 0 atom stereocenters. The number of carbonyl (C=O) groups is 1. The quantitative estimate of drug-likeness (QED) is 0.810. The summed E-state index contributed by atoms with van der Waals surface area (Å²) in [6, 6.07) is 4.94. The zero-order chi connectivity index (χ0) is 19.8. The molecule has 1 amide bonds. The van der Waals surface area contributed by atoms with E-state index < -0.39 is 31.9 Å². The lowest BCUT2D eigenvalue weighted by Gasteiger charge is -2.31. The van der Waals surface area contributed by atoms with Crippen molar-refractivity contribution in [2.24, 2.45) is 5.73 Å². The molecular formula is C18H24N2O5S2. The molecular weight excluding hydrogens is 388 g/mol. The van der Waals surface area contributed by atoms with E-state index in [4.69, 9.17) is 5.73 Å². The van der Waals surface area contributed by atoms with Gasteiger partial charge in [-0.25, -0.2) is 16.8 Å². The predicted octanol–water partition coefficient (Wildman–Crippen LogP) is 1.82. The van der Waals surface area contributed by atoms with Gasteiger partial charge in [0.1, 0.15) is 0 Å². The fourth-order valence-electron chi connectivity index (χ4n) is 3.86. The molecule has 0 bridgehead atoms. The van der Waals surface area contributed by atoms with Crippen molar-refractivity contribution < 1.29 is 21.6 Å². The summed E-state index contributed by atoms with van der Waals surface area (Å²) in [5, 5.41) is 0. The van der Waals surface area contributed by atoms with Crippen LogP contribution in [0.15, 0.2) is 24.3 Å². The summed E-state index contributed by atoms with van der Waals surface area (Å²) in [5.74, 6) is -1.76. The monoisotopic (exact) mass is 412 g/mol. The molecule has 27 heavy (non-hydrogen) atoms. The molecule has 3 rings (SSSR count). The third kappa shape index (κ3) is 3.95. The highest BCUT2D eigenvalue weighted by atomic mass is 32.3. The average Bonchev–Trinajstić information content (AvgIpc) is 2.60. The van der Waals surface area contributed by atoms with E-state index in [1.165, 1.54) is 6.92 Å². The van der Waals surface area contributed by atoms with Crippen molar-refractivity contribution in [3.8, 4) is 0 Å². The van der Waals surface area contributed by atoms with Gasteiger partial charge in [0.2, 0.25) is 26.0 Å². The third-order valence-electron chi connectivity index (χ3n) is 5.12. The van der Waals surface area contributed by atoms with Crippen LogP contribution in [0.5, 0.6) is 0 Å². The van der Waals surface area contributed by atoms with Crippen molar-refractivity contribution in [2.45, 2.75) is 38.5 Å². The Morgan fingerprint density at radius 3 is 2.33 bits per heavy atom. The van der Waals surface area contributed by atoms with E-state index in [1.54, 1.807) is 18.2 Å². The molecule has 2 N–H and O–H groups in total. The normalized spacial score (nSPS) is 22.9. The highest BCUT2D eigenvalue weighted by Crippen LogP contribution is 2.34. The number of carbonyl (C=O) groups excluding carboxylic acids is 1. The fourth-order valence-corrected chi connectivity index (χ4v) is 8.52. The van der Waals surface area contributed by atoms with E-state index in [1.807, 2.05) is 0 Å². The number of hydrogen-bond acceptors (Lipinski definition) is 5. The number of nitrogens with zero attached hydrogens (tertiary/aromatic N) is 1. The lowest BCUT2D eigenvalue weighted by atomic mass is 9.87. The Kier molecular flexibility index (Phi) is 5.47. The van der Waals surface area contributed by atoms with E-state index in [9.17, 15) is 21.6 Å². The van der Waals surface area contributed by atoms with Gasteiger partial charge >= 0.3 is 0 Å². The Bertz CT molecular complexity index is 961. The van der Waals surface area contributed by atoms with Crippen LogP contribution in [-0.2, 0) is 20.0 Å². The van der Waals surface area contributed by atoms with Crippen molar-refractivity contribution in [1.29, 1.82) is 0 Å². The third-order valence-corrected chi connectivity index (χ3v) is 9.89. The minimum atomic E-state index is -3.90. The van der Waals surface area contributed by atoms with E-state index >= 15 is 0 Å². The molecule has 1 aromatic carbocycles. The van der Waals surface area contributed by atoms with E-state index in [0.29, 0.717) is 20.4 Å². The van der Waals surface area contributed by atoms with Gasteiger partial charge in [0.05, 0.1) is 11.5 Å². The van der Waals surface area contributed by atoms with E-state index in [2.05, 4.69) is 6.08 Å². The molecule has 1 aliphatic carbocycles. The Morgan fingerprint density at radius 1 is 1.15 bits per heavy atom. The maximum Gasteiger partial charge on any atom is 0.249 e. The highest BCUT2D eigenvalue weighted by molar-refractivity contribution is 8.04. The van der Waals surface area contributed by atoms with Gasteiger partial charge in [0.15, 0.2) is 0 Å². The van der Waals surface area contributed by atoms with Crippen molar-refractivity contribution >= 4 is 31.5 Å². The van der Waals surface area contributed by atoms with Gasteiger partial charge in [-0.1, -0.05) is 28.8 Å². The summed E-state index contributed by atoms with van der Waals surface area (Å²) in [6.45, 7) is 1.40. The van der Waals surface area contributed by atoms with E-state index in [-0.39, 0.29) is 18.1 Å². The number of nitrogens with two attached hydrogens (primary N) is 1. The van der Waals surface area contributed by atoms with Crippen LogP contribution in [0.25, 0.3) is 5.57 Å². The first-order chi connectivity index (χ1) is 12.7. The largest absolute Gasteiger partial charge is 0.366 e. The number of sulfonamides is 2. The van der Waals surface area contributed by atoms with Gasteiger partial charge in [-0.05, 0) is 48.4 Å². The molecule has 0 spiro atoms. The summed E-state index contributed by atoms with van der Waals surface area (Å²) in [7, 11) is -7.81. The van der Waals surface area contributed by atoms with Gasteiger partial charge in [-0.3, -0.25) is 4.79 Å². The second-order valence-electron chi connectivity index (χ2n) is 6.99. The standard InChI is InChI=1S/C18H24N2O5S2/c1-2-20-26(22,23)11-15(12-27(20,24)25)14-8-9-16(18(19)21)17(10-14)13-6-4-3-5-7-13/h6,8-10,15H,2-5,7,11-12H2,1H3,(H2,19,21). The zero-order valence-electron chi connectivity index (χ0n) is 15.2. The Morgan fingerprint density at radius 2 is 1.81 bits per heavy atom. The second-order valence-corrected chi connectivity index (χ2v) is 11.1. The van der Waals surface area contributed by atoms with Crippen molar-refractivity contribution in [2.75, 3.05) is 18.1 Å². The molecule has 1 heterocycles. The minimum absolute atomic E-state index is 0.101. The summed E-state index contributed by atoms with van der Waals surface area (Å²) >= 11 is 0. The van der Waals surface area contributed by atoms with Crippen LogP contribution in [0, 0.1) is 0 Å². The number of rotatable bonds is 4. The lowest BCUT2D eigenvalue weighted by molar-refractivity contribution is 0.1000. The highest BCUT2D eigenvalue weighted by Gasteiger charge is 2.42. The maximum atomic E-state index is 12.4. The molecule has 1 aliphatic heterocycles. The molecule has 1 fully saturated rings. The van der Waals surface area contributed by atoms with Crippen molar-refractivity contribution in [3.05, 3.63) is 41.0 Å². The first-order valence-corrected chi connectivity index (χ1v) is 12.2. The summed E-state index contributed by atoms with van der Waals surface area (Å²) < 4.78 is 50.3. The van der Waals surface area contributed by atoms with Crippen molar-refractivity contribution in [3.63, 3.8) is 0 Å². The lowest BCUT2D eigenvalue weighted by Crippen LogP contribution is -2.47. The van der Waals surface area contributed by atoms with Gasteiger partial charge < -0.3 is 5.73 Å². The van der Waals surface area contributed by atoms with Crippen molar-refractivity contribution in [1.82, 2.24) is 3.71 Å². The number of primary amides is 1. The Balaban J connectivity index is 2.05. The van der Waals surface area contributed by atoms with Crippen LogP contribution >= 0.6 is 0 Å². The molecule has 1 aromatic rings.